The lowest BCUT2D eigenvalue weighted by atomic mass is 9.73. The molecule has 14 N–H and O–H groups in total. The lowest BCUT2D eigenvalue weighted by Crippen LogP contribution is -2.65. The fraction of sp³-hybridized carbons (Fsp3) is 0.778. The van der Waals surface area contributed by atoms with E-state index < -0.39 is 155 Å². The fourth-order valence-electron chi connectivity index (χ4n) is 9.35. The van der Waals surface area contributed by atoms with Gasteiger partial charge in [0.05, 0.1) is 26.4 Å². The Hall–Kier alpha value is -2.50. The topological polar surface area (TPSA) is 357 Å². The Morgan fingerprint density at radius 2 is 1.00 bits per heavy atom. The predicted octanol–water partition coefficient (Wildman–Crippen LogP) is -3.56. The van der Waals surface area contributed by atoms with Crippen LogP contribution < -0.4 is 9.47 Å². The van der Waals surface area contributed by atoms with Crippen molar-refractivity contribution in [2.24, 2.45) is 5.92 Å². The molecule has 0 spiro atoms. The number of aliphatic hydroxyl groups excluding tert-OH is 14. The van der Waals surface area contributed by atoms with Gasteiger partial charge in [-0.15, -0.1) is 0 Å². The van der Waals surface area contributed by atoms with Crippen molar-refractivity contribution in [1.29, 1.82) is 0 Å². The van der Waals surface area contributed by atoms with Crippen LogP contribution in [0.2, 0.25) is 0 Å². The van der Waals surface area contributed by atoms with E-state index in [9.17, 15) is 71.5 Å². The van der Waals surface area contributed by atoms with Gasteiger partial charge in [0.1, 0.15) is 109 Å². The minimum Gasteiger partial charge on any atom is -0.462 e. The summed E-state index contributed by atoms with van der Waals surface area (Å²) < 4.78 is 47.8. The highest BCUT2D eigenvalue weighted by Crippen LogP contribution is 2.49. The normalized spacial score (nSPS) is 42.8. The first kappa shape index (κ1) is 53.8. The molecule has 0 bridgehead atoms. The summed E-state index contributed by atoms with van der Waals surface area (Å²) in [6.07, 6.45) is -28.5. The molecule has 6 rings (SSSR count). The van der Waals surface area contributed by atoms with Crippen LogP contribution in [0.5, 0.6) is 11.5 Å². The van der Waals surface area contributed by atoms with Crippen molar-refractivity contribution in [3.63, 3.8) is 0 Å². The van der Waals surface area contributed by atoms with Crippen LogP contribution in [-0.4, -0.2) is 221 Å². The molecule has 1 aliphatic carbocycles. The Kier molecular flexibility index (Phi) is 19.0. The van der Waals surface area contributed by atoms with Crippen LogP contribution in [0, 0.1) is 5.92 Å². The highest BCUT2D eigenvalue weighted by molar-refractivity contribution is 5.53. The number of ether oxygens (including phenoxy) is 8. The molecule has 5 aliphatic rings. The number of aliphatic hydroxyl groups is 14. The summed E-state index contributed by atoms with van der Waals surface area (Å²) in [5, 5.41) is 150. The van der Waals surface area contributed by atoms with Crippen molar-refractivity contribution < 1.29 is 109 Å². The first-order valence-corrected chi connectivity index (χ1v) is 22.9. The first-order chi connectivity index (χ1) is 31.9. The molecule has 22 atom stereocenters. The van der Waals surface area contributed by atoms with Crippen LogP contribution in [0.15, 0.2) is 35.9 Å². The molecule has 67 heavy (non-hydrogen) atoms. The fourth-order valence-corrected chi connectivity index (χ4v) is 9.35. The number of benzene rings is 1. The lowest BCUT2D eigenvalue weighted by molar-refractivity contribution is -0.353. The van der Waals surface area contributed by atoms with Crippen molar-refractivity contribution in [3.05, 3.63) is 47.1 Å². The van der Waals surface area contributed by atoms with Gasteiger partial charge in [0.15, 0.2) is 12.6 Å². The Labute approximate surface area is 387 Å². The molecular weight excluding hydrogens is 892 g/mol. The third-order valence-corrected chi connectivity index (χ3v) is 13.4. The number of rotatable bonds is 18. The molecule has 4 aliphatic heterocycles. The van der Waals surface area contributed by atoms with Gasteiger partial charge >= 0.3 is 0 Å². The van der Waals surface area contributed by atoms with Gasteiger partial charge in [-0.2, -0.15) is 0 Å². The van der Waals surface area contributed by atoms with Gasteiger partial charge in [-0.25, -0.2) is 0 Å². The van der Waals surface area contributed by atoms with E-state index in [1.54, 1.807) is 12.1 Å². The van der Waals surface area contributed by atoms with Crippen LogP contribution in [0.25, 0.3) is 0 Å². The largest absolute Gasteiger partial charge is 0.462 e. The second-order valence-corrected chi connectivity index (χ2v) is 18.2. The monoisotopic (exact) mass is 962 g/mol. The summed E-state index contributed by atoms with van der Waals surface area (Å²) in [5.74, 6) is -0.707. The van der Waals surface area contributed by atoms with Gasteiger partial charge in [0, 0.05) is 11.5 Å². The maximum Gasteiger partial charge on any atom is 0.229 e. The Bertz CT molecular complexity index is 1690. The van der Waals surface area contributed by atoms with Gasteiger partial charge in [-0.05, 0) is 63.1 Å². The van der Waals surface area contributed by atoms with Gasteiger partial charge in [-0.1, -0.05) is 43.6 Å². The molecule has 0 saturated carbocycles. The molecular formula is C45H70O22. The summed E-state index contributed by atoms with van der Waals surface area (Å²) in [5.41, 5.74) is 2.73. The lowest BCUT2D eigenvalue weighted by Gasteiger charge is -2.46. The van der Waals surface area contributed by atoms with Crippen molar-refractivity contribution in [2.75, 3.05) is 26.4 Å². The van der Waals surface area contributed by atoms with Crippen LogP contribution in [0.4, 0.5) is 0 Å². The van der Waals surface area contributed by atoms with Crippen LogP contribution in [-0.2, 0) is 34.8 Å². The van der Waals surface area contributed by atoms with E-state index in [1.165, 1.54) is 0 Å². The molecule has 4 fully saturated rings. The highest BCUT2D eigenvalue weighted by Gasteiger charge is 2.54. The third-order valence-electron chi connectivity index (χ3n) is 13.4. The molecule has 1 aromatic rings. The maximum absolute atomic E-state index is 11.9. The smallest absolute Gasteiger partial charge is 0.229 e. The molecule has 1 aromatic carbocycles. The standard InChI is InChI=1S/C45H70O22/c1-5-6-7-8-20-12-23(60-44-38(58)40(32(52)27(16-48)64-44)66-42-36(56)34(54)30(50)25(14-46)62-42)29(22-11-19(4)9-10-21(22)18(2)3)24(13-20)61-45-39(59)41(33(53)28(17-49)65-45)67-43-37(57)35(55)31(51)26(15-47)63-43/h11-13,21-22,25-28,30-59H,2,5-10,14-17H2,1,3-4H3/t21-,22+,25+,26+,27+,28+,30+,31+,32+,33+,34-,35-,36+,37+,38+,39+,40-,41-,42-,43+,44+,45+/m0/s1. The van der Waals surface area contributed by atoms with Gasteiger partial charge < -0.3 is 109 Å². The zero-order valence-electron chi connectivity index (χ0n) is 37.7. The summed E-state index contributed by atoms with van der Waals surface area (Å²) in [4.78, 5) is 0. The Morgan fingerprint density at radius 3 is 1.40 bits per heavy atom. The van der Waals surface area contributed by atoms with Crippen molar-refractivity contribution in [1.82, 2.24) is 0 Å². The van der Waals surface area contributed by atoms with E-state index in [1.807, 2.05) is 26.8 Å². The molecule has 382 valence electrons. The summed E-state index contributed by atoms with van der Waals surface area (Å²) >= 11 is 0. The minimum absolute atomic E-state index is 0.0630. The van der Waals surface area contributed by atoms with E-state index >= 15 is 0 Å². The molecule has 22 nitrogen and oxygen atoms in total. The second-order valence-electron chi connectivity index (χ2n) is 18.2. The zero-order chi connectivity index (χ0) is 49.0. The molecule has 4 heterocycles. The molecule has 22 heteroatoms. The molecule has 0 unspecified atom stereocenters. The van der Waals surface area contributed by atoms with E-state index in [2.05, 4.69) is 6.58 Å². The van der Waals surface area contributed by atoms with E-state index in [4.69, 9.17) is 37.9 Å². The van der Waals surface area contributed by atoms with Crippen molar-refractivity contribution in [2.45, 2.75) is 188 Å². The van der Waals surface area contributed by atoms with E-state index in [-0.39, 0.29) is 17.4 Å². The van der Waals surface area contributed by atoms with Crippen molar-refractivity contribution >= 4 is 0 Å². The molecule has 0 aromatic heterocycles. The van der Waals surface area contributed by atoms with Crippen molar-refractivity contribution in [3.8, 4) is 11.5 Å². The Morgan fingerprint density at radius 1 is 0.582 bits per heavy atom. The second kappa shape index (κ2) is 23.6. The van der Waals surface area contributed by atoms with Crippen LogP contribution >= 0.6 is 0 Å². The Balaban J connectivity index is 1.42. The van der Waals surface area contributed by atoms with Gasteiger partial charge in [0.2, 0.25) is 12.6 Å². The molecule has 4 saturated heterocycles. The van der Waals surface area contributed by atoms with Gasteiger partial charge in [-0.3, -0.25) is 0 Å². The summed E-state index contributed by atoms with van der Waals surface area (Å²) in [7, 11) is 0. The number of allylic oxidation sites excluding steroid dienone is 3. The first-order valence-electron chi connectivity index (χ1n) is 22.9. The maximum atomic E-state index is 11.9. The number of hydrogen-bond acceptors (Lipinski definition) is 22. The van der Waals surface area contributed by atoms with Crippen LogP contribution in [0.1, 0.15) is 69.9 Å². The quantitative estimate of drug-likeness (QED) is 0.0500. The van der Waals surface area contributed by atoms with Gasteiger partial charge in [0.25, 0.3) is 0 Å². The zero-order valence-corrected chi connectivity index (χ0v) is 37.7. The average molecular weight is 963 g/mol. The van der Waals surface area contributed by atoms with E-state index in [0.29, 0.717) is 36.8 Å². The SMILES string of the molecule is C=C(C)[C@@H]1CCC(C)=C[C@H]1c1c(O[C@@H]2O[C@H](CO)[C@@H](O)[C@H](O[C@@H]3O[C@H](CO)[C@@H](O)[C@H](O)[C@H]3O)[C@H]2O)cc(CCCCC)cc1O[C@@H]1O[C@H](CO)[C@@H](O)[C@H](O[C@H]2O[C@H](CO)[C@@H](O)[C@H](O)[C@H]2O)[C@H]1O. The number of hydrogen-bond donors (Lipinski definition) is 14. The average Bonchev–Trinajstić information content (AvgIpc) is 3.30. The molecule has 0 radical (unpaired) electrons. The summed E-state index contributed by atoms with van der Waals surface area (Å²) in [6.45, 7) is 6.88. The number of unbranched alkanes of at least 4 members (excludes halogenated alkanes) is 2. The number of aryl methyl sites for hydroxylation is 1. The minimum atomic E-state index is -1.91. The van der Waals surface area contributed by atoms with E-state index in [0.717, 1.165) is 24.0 Å². The summed E-state index contributed by atoms with van der Waals surface area (Å²) in [6, 6.07) is 3.41. The molecule has 0 amide bonds. The highest BCUT2D eigenvalue weighted by atomic mass is 16.8. The third kappa shape index (κ3) is 11.7. The predicted molar refractivity (Wildman–Crippen MR) is 228 cm³/mol. The van der Waals surface area contributed by atoms with Crippen LogP contribution in [0.3, 0.4) is 0 Å².